The zero-order valence-corrected chi connectivity index (χ0v) is 20.9. The highest BCUT2D eigenvalue weighted by Crippen LogP contribution is 2.38. The third-order valence-corrected chi connectivity index (χ3v) is 6.35. The van der Waals surface area contributed by atoms with Gasteiger partial charge in [0.15, 0.2) is 16.7 Å². The largest absolute Gasteiger partial charge is 0.493 e. The van der Waals surface area contributed by atoms with E-state index in [-0.39, 0.29) is 11.5 Å². The molecule has 1 heterocycles. The van der Waals surface area contributed by atoms with Crippen LogP contribution in [0.2, 0.25) is 0 Å². The van der Waals surface area contributed by atoms with Crippen molar-refractivity contribution in [3.63, 3.8) is 0 Å². The van der Waals surface area contributed by atoms with Gasteiger partial charge in [-0.15, -0.1) is 0 Å². The predicted octanol–water partition coefficient (Wildman–Crippen LogP) is 5.41. The van der Waals surface area contributed by atoms with Crippen LogP contribution in [0.15, 0.2) is 46.3 Å². The molecule has 0 aliphatic carbocycles. The number of nitrogens with zero attached hydrogens (tertiary/aromatic N) is 2. The highest BCUT2D eigenvalue weighted by Gasteiger charge is 2.32. The molecule has 3 rings (SSSR count). The highest BCUT2D eigenvalue weighted by atomic mass is 127. The maximum absolute atomic E-state index is 13.0. The number of ether oxygens (including phenoxy) is 2. The van der Waals surface area contributed by atoms with E-state index in [2.05, 4.69) is 27.6 Å². The number of thioether (sulfide) groups is 1. The summed E-state index contributed by atoms with van der Waals surface area (Å²) in [6.45, 7) is 5.00. The van der Waals surface area contributed by atoms with Crippen LogP contribution in [0, 0.1) is 3.57 Å². The minimum atomic E-state index is -0.994. The van der Waals surface area contributed by atoms with Crippen molar-refractivity contribution in [2.75, 3.05) is 20.3 Å². The van der Waals surface area contributed by atoms with Gasteiger partial charge >= 0.3 is 5.97 Å². The summed E-state index contributed by atoms with van der Waals surface area (Å²) >= 11 is 3.49. The summed E-state index contributed by atoms with van der Waals surface area (Å²) in [4.78, 5) is 30.7. The average Bonchev–Trinajstić information content (AvgIpc) is 3.06. The van der Waals surface area contributed by atoms with Crippen molar-refractivity contribution in [1.82, 2.24) is 4.90 Å². The molecule has 0 spiro atoms. The van der Waals surface area contributed by atoms with Gasteiger partial charge in [0.25, 0.3) is 5.91 Å². The van der Waals surface area contributed by atoms with Crippen molar-refractivity contribution in [1.29, 1.82) is 0 Å². The number of benzene rings is 2. The lowest BCUT2D eigenvalue weighted by Gasteiger charge is -2.13. The fourth-order valence-corrected chi connectivity index (χ4v) is 4.82. The van der Waals surface area contributed by atoms with Crippen molar-refractivity contribution < 1.29 is 24.2 Å². The first kappa shape index (κ1) is 24.1. The Labute approximate surface area is 204 Å². The number of carbonyl (C=O) groups excluding carboxylic acids is 1. The summed E-state index contributed by atoms with van der Waals surface area (Å²) < 4.78 is 12.2. The summed E-state index contributed by atoms with van der Waals surface area (Å²) in [5, 5.41) is 9.60. The third kappa shape index (κ3) is 5.44. The van der Waals surface area contributed by atoms with Crippen LogP contribution in [-0.2, 0) is 4.79 Å². The van der Waals surface area contributed by atoms with Gasteiger partial charge in [-0.3, -0.25) is 9.69 Å². The minimum Gasteiger partial charge on any atom is -0.493 e. The van der Waals surface area contributed by atoms with Gasteiger partial charge in [0.05, 0.1) is 33.4 Å². The second kappa shape index (κ2) is 10.9. The van der Waals surface area contributed by atoms with Gasteiger partial charge in [-0.2, -0.15) is 0 Å². The summed E-state index contributed by atoms with van der Waals surface area (Å²) in [5.41, 5.74) is 1.60. The van der Waals surface area contributed by atoms with Crippen LogP contribution < -0.4 is 9.47 Å². The number of carboxylic acid groups (broad SMARTS) is 1. The number of hydrogen-bond acceptors (Lipinski definition) is 6. The van der Waals surface area contributed by atoms with E-state index in [1.54, 1.807) is 24.1 Å². The molecule has 1 fully saturated rings. The van der Waals surface area contributed by atoms with Crippen molar-refractivity contribution in [3.05, 3.63) is 56.0 Å². The van der Waals surface area contributed by atoms with Crippen LogP contribution in [-0.4, -0.2) is 47.3 Å². The number of amidine groups is 1. The number of likely N-dealkylation sites (N-methyl/N-ethyl adjacent to an activating group) is 1. The number of hydrogen-bond donors (Lipinski definition) is 1. The third-order valence-electron chi connectivity index (χ3n) is 4.54. The molecule has 1 N–H and O–H groups in total. The number of halogens is 1. The molecule has 7 nitrogen and oxygen atoms in total. The molecule has 0 radical (unpaired) electrons. The molecule has 1 amide bonds. The Morgan fingerprint density at radius 1 is 1.25 bits per heavy atom. The molecular formula is C23H23IN2O5S. The second-order valence-corrected chi connectivity index (χ2v) is 8.96. The van der Waals surface area contributed by atoms with E-state index >= 15 is 0 Å². The topological polar surface area (TPSA) is 88.4 Å². The van der Waals surface area contributed by atoms with E-state index in [0.717, 1.165) is 15.6 Å². The number of aromatic carboxylic acids is 1. The fourth-order valence-electron chi connectivity index (χ4n) is 2.98. The van der Waals surface area contributed by atoms with Gasteiger partial charge in [-0.1, -0.05) is 6.92 Å². The van der Waals surface area contributed by atoms with Gasteiger partial charge in [0.1, 0.15) is 0 Å². The molecule has 2 aromatic carbocycles. The molecule has 1 aliphatic heterocycles. The molecule has 9 heteroatoms. The van der Waals surface area contributed by atoms with Crippen molar-refractivity contribution in [2.45, 2.75) is 20.3 Å². The maximum Gasteiger partial charge on any atom is 0.335 e. The van der Waals surface area contributed by atoms with Crippen molar-refractivity contribution in [3.8, 4) is 11.5 Å². The molecular weight excluding hydrogens is 543 g/mol. The molecule has 0 saturated carbocycles. The molecule has 2 aromatic rings. The van der Waals surface area contributed by atoms with E-state index in [0.29, 0.717) is 40.4 Å². The summed E-state index contributed by atoms with van der Waals surface area (Å²) in [7, 11) is 1.59. The molecule has 0 bridgehead atoms. The first-order chi connectivity index (χ1) is 15.4. The van der Waals surface area contributed by atoms with Gasteiger partial charge in [0.2, 0.25) is 0 Å². The number of aliphatic imine (C=N–C) groups is 1. The van der Waals surface area contributed by atoms with E-state index in [1.807, 2.05) is 32.1 Å². The standard InChI is InChI=1S/C23H23IN2O5S/c1-4-10-31-20-17(24)11-14(12-18(20)30-3)13-19-21(27)26(5-2)23(32-19)25-16-8-6-15(7-9-16)22(28)29/h6-9,11-13H,4-5,10H2,1-3H3,(H,28,29)/b19-13+,25-23?. The van der Waals surface area contributed by atoms with Crippen LogP contribution in [0.25, 0.3) is 6.08 Å². The SMILES string of the molecule is CCCOc1c(I)cc(/C=C2/SC(=Nc3ccc(C(=O)O)cc3)N(CC)C2=O)cc1OC. The normalized spacial score (nSPS) is 16.1. The Hall–Kier alpha value is -2.53. The van der Waals surface area contributed by atoms with Crippen LogP contribution >= 0.6 is 34.4 Å². The van der Waals surface area contributed by atoms with E-state index in [1.165, 1.54) is 23.9 Å². The molecule has 1 aliphatic rings. The first-order valence-corrected chi connectivity index (χ1v) is 11.9. The highest BCUT2D eigenvalue weighted by molar-refractivity contribution is 14.1. The Kier molecular flexibility index (Phi) is 8.19. The van der Waals surface area contributed by atoms with Crippen molar-refractivity contribution >= 4 is 63.2 Å². The van der Waals surface area contributed by atoms with Gasteiger partial charge in [-0.25, -0.2) is 9.79 Å². The number of methoxy groups -OCH3 is 1. The lowest BCUT2D eigenvalue weighted by molar-refractivity contribution is -0.122. The maximum atomic E-state index is 13.0. The van der Waals surface area contributed by atoms with Gasteiger partial charge in [0, 0.05) is 6.54 Å². The minimum absolute atomic E-state index is 0.126. The Bertz CT molecular complexity index is 1080. The molecule has 0 aromatic heterocycles. The van der Waals surface area contributed by atoms with E-state index in [9.17, 15) is 9.59 Å². The van der Waals surface area contributed by atoms with Crippen LogP contribution in [0.1, 0.15) is 36.2 Å². The number of carbonyl (C=O) groups is 2. The van der Waals surface area contributed by atoms with Crippen LogP contribution in [0.3, 0.4) is 0 Å². The zero-order chi connectivity index (χ0) is 23.3. The molecule has 0 atom stereocenters. The van der Waals surface area contributed by atoms with Crippen molar-refractivity contribution in [2.24, 2.45) is 4.99 Å². The van der Waals surface area contributed by atoms with E-state index < -0.39 is 5.97 Å². The Balaban J connectivity index is 1.91. The fraction of sp³-hybridized carbons (Fsp3) is 0.261. The summed E-state index contributed by atoms with van der Waals surface area (Å²) in [5.74, 6) is 0.196. The number of carboxylic acids is 1. The first-order valence-electron chi connectivity index (χ1n) is 10.0. The van der Waals surface area contributed by atoms with E-state index in [4.69, 9.17) is 14.6 Å². The Morgan fingerprint density at radius 3 is 2.56 bits per heavy atom. The van der Waals surface area contributed by atoms with Gasteiger partial charge < -0.3 is 14.6 Å². The smallest absolute Gasteiger partial charge is 0.335 e. The number of rotatable bonds is 8. The Morgan fingerprint density at radius 2 is 1.97 bits per heavy atom. The summed E-state index contributed by atoms with van der Waals surface area (Å²) in [6.07, 6.45) is 2.71. The molecule has 168 valence electrons. The second-order valence-electron chi connectivity index (χ2n) is 6.79. The monoisotopic (exact) mass is 566 g/mol. The van der Waals surface area contributed by atoms with Crippen LogP contribution in [0.5, 0.6) is 11.5 Å². The zero-order valence-electron chi connectivity index (χ0n) is 17.9. The number of amides is 1. The predicted molar refractivity (Wildman–Crippen MR) is 135 cm³/mol. The molecule has 32 heavy (non-hydrogen) atoms. The summed E-state index contributed by atoms with van der Waals surface area (Å²) in [6, 6.07) is 10.0. The quantitative estimate of drug-likeness (QED) is 0.340. The van der Waals surface area contributed by atoms with Crippen LogP contribution in [0.4, 0.5) is 5.69 Å². The lowest BCUT2D eigenvalue weighted by Crippen LogP contribution is -2.28. The average molecular weight is 566 g/mol. The molecule has 0 unspecified atom stereocenters. The molecule has 1 saturated heterocycles. The lowest BCUT2D eigenvalue weighted by atomic mass is 10.2. The van der Waals surface area contributed by atoms with Gasteiger partial charge in [-0.05, 0) is 95.7 Å².